The van der Waals surface area contributed by atoms with Crippen LogP contribution in [0, 0.1) is 0 Å². The van der Waals surface area contributed by atoms with Gasteiger partial charge in [-0.05, 0) is 47.0 Å². The predicted octanol–water partition coefficient (Wildman–Crippen LogP) is 4.40. The van der Waals surface area contributed by atoms with Crippen molar-refractivity contribution < 1.29 is 14.3 Å². The van der Waals surface area contributed by atoms with Gasteiger partial charge in [-0.3, -0.25) is 4.79 Å². The summed E-state index contributed by atoms with van der Waals surface area (Å²) in [6.45, 7) is 4.09. The summed E-state index contributed by atoms with van der Waals surface area (Å²) in [6, 6.07) is 3.48. The van der Waals surface area contributed by atoms with Crippen LogP contribution in [0.5, 0.6) is 11.5 Å². The van der Waals surface area contributed by atoms with Crippen LogP contribution in [0.1, 0.15) is 37.0 Å². The zero-order valence-corrected chi connectivity index (χ0v) is 13.3. The third-order valence-corrected chi connectivity index (χ3v) is 3.75. The van der Waals surface area contributed by atoms with Crippen molar-refractivity contribution in [1.82, 2.24) is 0 Å². The van der Waals surface area contributed by atoms with Gasteiger partial charge >= 0.3 is 0 Å². The molecule has 1 rings (SSSR count). The van der Waals surface area contributed by atoms with Crippen LogP contribution in [0.2, 0.25) is 0 Å². The lowest BCUT2D eigenvalue weighted by Crippen LogP contribution is -2.02. The van der Waals surface area contributed by atoms with Crippen LogP contribution in [-0.2, 0) is 0 Å². The van der Waals surface area contributed by atoms with Crippen LogP contribution < -0.4 is 9.47 Å². The molecule has 3 nitrogen and oxygen atoms in total. The highest BCUT2D eigenvalue weighted by atomic mass is 79.9. The van der Waals surface area contributed by atoms with Gasteiger partial charge in [0.2, 0.25) is 0 Å². The first-order valence-electron chi connectivity index (χ1n) is 6.23. The molecule has 19 heavy (non-hydrogen) atoms. The number of methoxy groups -OCH3 is 2. The molecule has 1 aromatic rings. The molecule has 0 fully saturated rings. The lowest BCUT2D eigenvalue weighted by atomic mass is 10.0. The summed E-state index contributed by atoms with van der Waals surface area (Å²) in [7, 11) is 3.12. The lowest BCUT2D eigenvalue weighted by Gasteiger charge is -2.12. The van der Waals surface area contributed by atoms with Gasteiger partial charge in [-0.25, -0.2) is 0 Å². The first-order chi connectivity index (χ1) is 9.08. The van der Waals surface area contributed by atoms with E-state index in [0.717, 1.165) is 18.4 Å². The van der Waals surface area contributed by atoms with E-state index in [1.807, 2.05) is 13.8 Å². The van der Waals surface area contributed by atoms with Gasteiger partial charge < -0.3 is 9.47 Å². The fourth-order valence-corrected chi connectivity index (χ4v) is 2.48. The maximum atomic E-state index is 12.3. The van der Waals surface area contributed by atoms with Gasteiger partial charge in [0.1, 0.15) is 16.0 Å². The third kappa shape index (κ3) is 3.60. The molecule has 0 unspecified atom stereocenters. The van der Waals surface area contributed by atoms with Crippen LogP contribution >= 0.6 is 15.9 Å². The van der Waals surface area contributed by atoms with E-state index in [2.05, 4.69) is 15.9 Å². The highest BCUT2D eigenvalue weighted by molar-refractivity contribution is 9.10. The van der Waals surface area contributed by atoms with Crippen molar-refractivity contribution in [1.29, 1.82) is 0 Å². The summed E-state index contributed by atoms with van der Waals surface area (Å²) >= 11 is 3.40. The first kappa shape index (κ1) is 15.8. The fraction of sp³-hybridized carbons (Fsp3) is 0.400. The maximum Gasteiger partial charge on any atom is 0.189 e. The Bertz CT molecular complexity index is 486. The van der Waals surface area contributed by atoms with Crippen LogP contribution in [0.3, 0.4) is 0 Å². The smallest absolute Gasteiger partial charge is 0.189 e. The molecule has 0 N–H and O–H groups in total. The summed E-state index contributed by atoms with van der Waals surface area (Å²) in [5.74, 6) is 1.11. The van der Waals surface area contributed by atoms with Crippen LogP contribution in [0.4, 0.5) is 0 Å². The van der Waals surface area contributed by atoms with E-state index in [1.165, 1.54) is 0 Å². The summed E-state index contributed by atoms with van der Waals surface area (Å²) in [5, 5.41) is 0. The van der Waals surface area contributed by atoms with Gasteiger partial charge in [0, 0.05) is 0 Å². The van der Waals surface area contributed by atoms with Crippen molar-refractivity contribution >= 4 is 21.7 Å². The van der Waals surface area contributed by atoms with Gasteiger partial charge in [0.05, 0.1) is 19.8 Å². The first-order valence-corrected chi connectivity index (χ1v) is 7.02. The van der Waals surface area contributed by atoms with E-state index in [9.17, 15) is 4.79 Å². The Morgan fingerprint density at radius 2 is 1.84 bits per heavy atom. The normalized spacial score (nSPS) is 9.95. The Hall–Kier alpha value is -1.29. The van der Waals surface area contributed by atoms with Crippen LogP contribution in [0.15, 0.2) is 28.3 Å². The second-order valence-corrected chi connectivity index (χ2v) is 4.83. The standard InChI is InChI=1S/C15H19BrO3/c1-5-10(6-2)9-12(17)11-7-8-13(18-3)14(16)15(11)19-4/h7-9H,5-6H2,1-4H3. The van der Waals surface area contributed by atoms with E-state index in [1.54, 1.807) is 32.4 Å². The van der Waals surface area contributed by atoms with E-state index in [0.29, 0.717) is 21.5 Å². The molecule has 4 heteroatoms. The molecular formula is C15H19BrO3. The summed E-state index contributed by atoms with van der Waals surface area (Å²) in [5.41, 5.74) is 1.66. The molecule has 0 bridgehead atoms. The Morgan fingerprint density at radius 3 is 2.32 bits per heavy atom. The summed E-state index contributed by atoms with van der Waals surface area (Å²) < 4.78 is 11.2. The van der Waals surface area contributed by atoms with Crippen molar-refractivity contribution in [3.63, 3.8) is 0 Å². The van der Waals surface area contributed by atoms with E-state index >= 15 is 0 Å². The Labute approximate surface area is 122 Å². The molecule has 0 radical (unpaired) electrons. The molecule has 0 heterocycles. The molecule has 0 saturated carbocycles. The molecule has 0 atom stereocenters. The predicted molar refractivity (Wildman–Crippen MR) is 80.2 cm³/mol. The number of carbonyl (C=O) groups is 1. The molecule has 104 valence electrons. The average molecular weight is 327 g/mol. The molecule has 0 aliphatic rings. The summed E-state index contributed by atoms with van der Waals surface area (Å²) in [4.78, 5) is 12.3. The van der Waals surface area contributed by atoms with Crippen molar-refractivity contribution in [2.24, 2.45) is 0 Å². The number of benzene rings is 1. The molecule has 0 aromatic heterocycles. The van der Waals surface area contributed by atoms with Gasteiger partial charge in [0.15, 0.2) is 5.78 Å². The highest BCUT2D eigenvalue weighted by Crippen LogP contribution is 2.37. The maximum absolute atomic E-state index is 12.3. The number of allylic oxidation sites excluding steroid dienone is 2. The number of carbonyl (C=O) groups excluding carboxylic acids is 1. The number of halogens is 1. The lowest BCUT2D eigenvalue weighted by molar-refractivity contribution is 0.104. The Kier molecular flexibility index (Phi) is 6.09. The number of hydrogen-bond acceptors (Lipinski definition) is 3. The zero-order valence-electron chi connectivity index (χ0n) is 11.7. The highest BCUT2D eigenvalue weighted by Gasteiger charge is 2.17. The molecule has 0 saturated heterocycles. The Balaban J connectivity index is 3.24. The van der Waals surface area contributed by atoms with Crippen molar-refractivity contribution in [3.8, 4) is 11.5 Å². The average Bonchev–Trinajstić information content (AvgIpc) is 2.43. The minimum Gasteiger partial charge on any atom is -0.495 e. The zero-order chi connectivity index (χ0) is 14.4. The molecule has 1 aromatic carbocycles. The molecule has 0 aliphatic heterocycles. The van der Waals surface area contributed by atoms with E-state index in [4.69, 9.17) is 9.47 Å². The second-order valence-electron chi connectivity index (χ2n) is 4.04. The Morgan fingerprint density at radius 1 is 1.21 bits per heavy atom. The van der Waals surface area contributed by atoms with Crippen LogP contribution in [-0.4, -0.2) is 20.0 Å². The fourth-order valence-electron chi connectivity index (χ4n) is 1.81. The van der Waals surface area contributed by atoms with Crippen molar-refractivity contribution in [2.75, 3.05) is 14.2 Å². The van der Waals surface area contributed by atoms with E-state index in [-0.39, 0.29) is 5.78 Å². The monoisotopic (exact) mass is 326 g/mol. The molecule has 0 amide bonds. The third-order valence-electron chi connectivity index (χ3n) is 2.99. The van der Waals surface area contributed by atoms with Crippen molar-refractivity contribution in [2.45, 2.75) is 26.7 Å². The minimum atomic E-state index is -0.0427. The number of rotatable bonds is 6. The van der Waals surface area contributed by atoms with Crippen LogP contribution in [0.25, 0.3) is 0 Å². The molecular weight excluding hydrogens is 308 g/mol. The quantitative estimate of drug-likeness (QED) is 0.574. The summed E-state index contributed by atoms with van der Waals surface area (Å²) in [6.07, 6.45) is 3.44. The van der Waals surface area contributed by atoms with E-state index < -0.39 is 0 Å². The minimum absolute atomic E-state index is 0.0427. The van der Waals surface area contributed by atoms with Gasteiger partial charge in [0.25, 0.3) is 0 Å². The van der Waals surface area contributed by atoms with Gasteiger partial charge in [-0.2, -0.15) is 0 Å². The topological polar surface area (TPSA) is 35.5 Å². The van der Waals surface area contributed by atoms with Crippen molar-refractivity contribution in [3.05, 3.63) is 33.8 Å². The largest absolute Gasteiger partial charge is 0.495 e. The number of ketones is 1. The SMILES string of the molecule is CCC(=CC(=O)c1ccc(OC)c(Br)c1OC)CC. The number of hydrogen-bond donors (Lipinski definition) is 0. The van der Waals surface area contributed by atoms with Gasteiger partial charge in [-0.15, -0.1) is 0 Å². The number of ether oxygens (including phenoxy) is 2. The second kappa shape index (κ2) is 7.34. The molecule has 0 spiro atoms. The molecule has 0 aliphatic carbocycles. The van der Waals surface area contributed by atoms with Gasteiger partial charge in [-0.1, -0.05) is 19.4 Å².